The zero-order valence-corrected chi connectivity index (χ0v) is 12.4. The quantitative estimate of drug-likeness (QED) is 0.766. The summed E-state index contributed by atoms with van der Waals surface area (Å²) in [6, 6.07) is 8.28. The first kappa shape index (κ1) is 14.8. The summed E-state index contributed by atoms with van der Waals surface area (Å²) in [5.41, 5.74) is 5.29. The lowest BCUT2D eigenvalue weighted by Gasteiger charge is -2.29. The van der Waals surface area contributed by atoms with Crippen molar-refractivity contribution < 1.29 is 9.69 Å². The highest BCUT2D eigenvalue weighted by Gasteiger charge is 2.16. The number of aryl methyl sites for hydroxylation is 1. The van der Waals surface area contributed by atoms with Crippen LogP contribution >= 0.6 is 0 Å². The number of hydrogen-bond acceptors (Lipinski definition) is 2. The van der Waals surface area contributed by atoms with Crippen LogP contribution in [0.15, 0.2) is 30.3 Å². The van der Waals surface area contributed by atoms with E-state index in [0.29, 0.717) is 0 Å². The summed E-state index contributed by atoms with van der Waals surface area (Å²) in [5.74, 6) is -0.0517. The minimum absolute atomic E-state index is 0.0517. The van der Waals surface area contributed by atoms with Gasteiger partial charge in [0.05, 0.1) is 33.2 Å². The fourth-order valence-corrected chi connectivity index (χ4v) is 2.23. The highest BCUT2D eigenvalue weighted by molar-refractivity contribution is 5.91. The minimum Gasteiger partial charge on any atom is -0.335 e. The molecule has 0 radical (unpaired) electrons. The van der Waals surface area contributed by atoms with E-state index >= 15 is 0 Å². The van der Waals surface area contributed by atoms with Crippen molar-refractivity contribution in [1.29, 1.82) is 0 Å². The average Bonchev–Trinajstić information content (AvgIpc) is 2.48. The summed E-state index contributed by atoms with van der Waals surface area (Å²) >= 11 is 0. The Kier molecular flexibility index (Phi) is 5.32. The lowest BCUT2D eigenvalue weighted by atomic mass is 10.1. The first-order chi connectivity index (χ1) is 9.67. The SMILES string of the molecule is CCc1ccc(/C=C/C(=O)NN2CC[NH+](C)CC2)cc1. The van der Waals surface area contributed by atoms with Gasteiger partial charge in [-0.25, -0.2) is 5.01 Å². The van der Waals surface area contributed by atoms with Gasteiger partial charge in [-0.15, -0.1) is 0 Å². The van der Waals surface area contributed by atoms with E-state index in [1.165, 1.54) is 10.5 Å². The number of likely N-dealkylation sites (N-methyl/N-ethyl adjacent to an activating group) is 1. The minimum atomic E-state index is -0.0517. The van der Waals surface area contributed by atoms with Crippen molar-refractivity contribution in [3.05, 3.63) is 41.5 Å². The van der Waals surface area contributed by atoms with E-state index in [1.807, 2.05) is 23.2 Å². The molecule has 0 atom stereocenters. The number of nitrogens with one attached hydrogen (secondary N) is 2. The molecule has 1 amide bonds. The molecule has 0 unspecified atom stereocenters. The molecule has 0 bridgehead atoms. The third-order valence-electron chi connectivity index (χ3n) is 3.70. The van der Waals surface area contributed by atoms with Gasteiger partial charge >= 0.3 is 0 Å². The molecule has 1 saturated heterocycles. The largest absolute Gasteiger partial charge is 0.335 e. The summed E-state index contributed by atoms with van der Waals surface area (Å²) < 4.78 is 0. The van der Waals surface area contributed by atoms with Crippen LogP contribution in [0.25, 0.3) is 6.08 Å². The average molecular weight is 274 g/mol. The standard InChI is InChI=1S/C16H23N3O/c1-3-14-4-6-15(7-5-14)8-9-16(20)17-19-12-10-18(2)11-13-19/h4-9H,3,10-13H2,1-2H3,(H,17,20)/p+1/b9-8+. The molecule has 1 aliphatic rings. The maximum Gasteiger partial charge on any atom is 0.258 e. The Morgan fingerprint density at radius 2 is 1.95 bits per heavy atom. The number of benzene rings is 1. The van der Waals surface area contributed by atoms with Gasteiger partial charge in [0, 0.05) is 6.08 Å². The van der Waals surface area contributed by atoms with Crippen LogP contribution in [0, 0.1) is 0 Å². The van der Waals surface area contributed by atoms with Crippen LogP contribution in [0.3, 0.4) is 0 Å². The number of hydrazine groups is 1. The van der Waals surface area contributed by atoms with Crippen LogP contribution < -0.4 is 10.3 Å². The van der Waals surface area contributed by atoms with Gasteiger partial charge < -0.3 is 4.90 Å². The van der Waals surface area contributed by atoms with Crippen molar-refractivity contribution in [3.63, 3.8) is 0 Å². The van der Waals surface area contributed by atoms with Crippen molar-refractivity contribution in [2.45, 2.75) is 13.3 Å². The highest BCUT2D eigenvalue weighted by atomic mass is 16.2. The van der Waals surface area contributed by atoms with E-state index in [-0.39, 0.29) is 5.91 Å². The number of carbonyl (C=O) groups excluding carboxylic acids is 1. The molecule has 4 nitrogen and oxygen atoms in total. The van der Waals surface area contributed by atoms with Crippen LogP contribution in [0.5, 0.6) is 0 Å². The van der Waals surface area contributed by atoms with E-state index < -0.39 is 0 Å². The van der Waals surface area contributed by atoms with Crippen molar-refractivity contribution in [2.24, 2.45) is 0 Å². The lowest BCUT2D eigenvalue weighted by molar-refractivity contribution is -0.884. The summed E-state index contributed by atoms with van der Waals surface area (Å²) in [7, 11) is 2.18. The first-order valence-electron chi connectivity index (χ1n) is 7.31. The molecular formula is C16H24N3O+. The molecule has 0 saturated carbocycles. The number of hydrogen-bond donors (Lipinski definition) is 2. The maximum absolute atomic E-state index is 11.8. The highest BCUT2D eigenvalue weighted by Crippen LogP contribution is 2.06. The van der Waals surface area contributed by atoms with Crippen LogP contribution in [0.1, 0.15) is 18.1 Å². The number of nitrogens with zero attached hydrogens (tertiary/aromatic N) is 1. The number of rotatable bonds is 4. The van der Waals surface area contributed by atoms with E-state index in [0.717, 1.165) is 38.2 Å². The van der Waals surface area contributed by atoms with Gasteiger partial charge in [0.2, 0.25) is 0 Å². The van der Waals surface area contributed by atoms with E-state index in [4.69, 9.17) is 0 Å². The molecule has 4 heteroatoms. The topological polar surface area (TPSA) is 36.8 Å². The second-order valence-corrected chi connectivity index (χ2v) is 5.35. The number of amides is 1. The Morgan fingerprint density at radius 1 is 1.30 bits per heavy atom. The fourth-order valence-electron chi connectivity index (χ4n) is 2.23. The van der Waals surface area contributed by atoms with Crippen LogP contribution in [0.4, 0.5) is 0 Å². The Morgan fingerprint density at radius 3 is 2.55 bits per heavy atom. The molecule has 0 aromatic heterocycles. The molecule has 0 spiro atoms. The van der Waals surface area contributed by atoms with Crippen molar-refractivity contribution >= 4 is 12.0 Å². The van der Waals surface area contributed by atoms with Gasteiger partial charge in [0.1, 0.15) is 0 Å². The molecule has 20 heavy (non-hydrogen) atoms. The molecule has 2 rings (SSSR count). The predicted octanol–water partition coefficient (Wildman–Crippen LogP) is 0.124. The van der Waals surface area contributed by atoms with Crippen molar-refractivity contribution in [3.8, 4) is 0 Å². The van der Waals surface area contributed by atoms with Crippen molar-refractivity contribution in [1.82, 2.24) is 10.4 Å². The Hall–Kier alpha value is -1.65. The van der Waals surface area contributed by atoms with E-state index in [2.05, 4.69) is 31.5 Å². The first-order valence-corrected chi connectivity index (χ1v) is 7.31. The zero-order valence-electron chi connectivity index (χ0n) is 12.4. The van der Waals surface area contributed by atoms with Crippen LogP contribution in [-0.2, 0) is 11.2 Å². The third kappa shape index (κ3) is 4.47. The predicted molar refractivity (Wildman–Crippen MR) is 81.2 cm³/mol. The van der Waals surface area contributed by atoms with Crippen molar-refractivity contribution in [2.75, 3.05) is 33.2 Å². The normalized spacial score (nSPS) is 17.5. The second kappa shape index (κ2) is 7.22. The smallest absolute Gasteiger partial charge is 0.258 e. The summed E-state index contributed by atoms with van der Waals surface area (Å²) in [4.78, 5) is 13.4. The molecule has 1 aromatic carbocycles. The monoisotopic (exact) mass is 274 g/mol. The van der Waals surface area contributed by atoms with Gasteiger partial charge in [0.15, 0.2) is 0 Å². The summed E-state index contributed by atoms with van der Waals surface area (Å²) in [6.45, 7) is 6.11. The number of carbonyl (C=O) groups is 1. The van der Waals surface area contributed by atoms with Gasteiger partial charge in [-0.3, -0.25) is 10.2 Å². The van der Waals surface area contributed by atoms with E-state index in [9.17, 15) is 4.79 Å². The van der Waals surface area contributed by atoms with Gasteiger partial charge in [0.25, 0.3) is 5.91 Å². The number of piperazine rings is 1. The summed E-state index contributed by atoms with van der Waals surface area (Å²) in [5, 5.41) is 2.00. The zero-order chi connectivity index (χ0) is 14.4. The molecule has 1 fully saturated rings. The van der Waals surface area contributed by atoms with Gasteiger partial charge in [-0.2, -0.15) is 0 Å². The molecule has 1 heterocycles. The van der Waals surface area contributed by atoms with Crippen LogP contribution in [-0.4, -0.2) is 44.1 Å². The number of quaternary nitrogens is 1. The van der Waals surface area contributed by atoms with Crippen LogP contribution in [0.2, 0.25) is 0 Å². The third-order valence-corrected chi connectivity index (χ3v) is 3.70. The summed E-state index contributed by atoms with van der Waals surface area (Å²) in [6.07, 6.45) is 4.50. The molecule has 2 N–H and O–H groups in total. The molecule has 108 valence electrons. The molecular weight excluding hydrogens is 250 g/mol. The second-order valence-electron chi connectivity index (χ2n) is 5.35. The fraction of sp³-hybridized carbons (Fsp3) is 0.438. The van der Waals surface area contributed by atoms with E-state index in [1.54, 1.807) is 6.08 Å². The van der Waals surface area contributed by atoms with Gasteiger partial charge in [-0.05, 0) is 23.6 Å². The molecule has 0 aliphatic carbocycles. The lowest BCUT2D eigenvalue weighted by Crippen LogP contribution is -3.12. The molecule has 1 aliphatic heterocycles. The Bertz CT molecular complexity index is 459. The maximum atomic E-state index is 11.8. The Balaban J connectivity index is 1.82. The molecule has 1 aromatic rings. The Labute approximate surface area is 121 Å². The van der Waals surface area contributed by atoms with Gasteiger partial charge in [-0.1, -0.05) is 31.2 Å².